The van der Waals surface area contributed by atoms with Crippen LogP contribution in [0, 0.1) is 0 Å². The molecule has 0 aliphatic heterocycles. The maximum absolute atomic E-state index is 12.2. The molecule has 1 aliphatic carbocycles. The van der Waals surface area contributed by atoms with Crippen LogP contribution in [0.1, 0.15) is 27.9 Å². The van der Waals surface area contributed by atoms with Gasteiger partial charge >= 0.3 is 0 Å². The molecule has 0 saturated heterocycles. The van der Waals surface area contributed by atoms with E-state index in [2.05, 4.69) is 10.5 Å². The second-order valence-corrected chi connectivity index (χ2v) is 7.28. The van der Waals surface area contributed by atoms with Gasteiger partial charge in [-0.3, -0.25) is 4.79 Å². The van der Waals surface area contributed by atoms with Crippen molar-refractivity contribution in [1.82, 2.24) is 5.43 Å². The number of fused-ring (bicyclic) bond motifs is 1. The molecule has 1 amide bonds. The Morgan fingerprint density at radius 3 is 2.67 bits per heavy atom. The lowest BCUT2D eigenvalue weighted by molar-refractivity contribution is 0.0954. The first kappa shape index (κ1) is 16.6. The summed E-state index contributed by atoms with van der Waals surface area (Å²) in [5.41, 5.74) is 5.55. The van der Waals surface area contributed by atoms with Gasteiger partial charge < -0.3 is 0 Å². The van der Waals surface area contributed by atoms with Crippen molar-refractivity contribution < 1.29 is 13.2 Å². The van der Waals surface area contributed by atoms with Crippen molar-refractivity contribution >= 4 is 33.2 Å². The van der Waals surface area contributed by atoms with Crippen LogP contribution in [-0.2, 0) is 16.4 Å². The van der Waals surface area contributed by atoms with Crippen molar-refractivity contribution in [3.05, 3.63) is 64.2 Å². The molecule has 0 radical (unpaired) electrons. The summed E-state index contributed by atoms with van der Waals surface area (Å²) in [5.74, 6) is -0.534. The molecule has 0 bridgehead atoms. The maximum atomic E-state index is 12.2. The number of hydrogen-bond donors (Lipinski definition) is 2. The number of sulfonamides is 1. The van der Waals surface area contributed by atoms with E-state index in [9.17, 15) is 13.2 Å². The van der Waals surface area contributed by atoms with Crippen molar-refractivity contribution in [3.8, 4) is 0 Å². The van der Waals surface area contributed by atoms with E-state index in [1.165, 1.54) is 17.7 Å². The molecule has 3 rings (SSSR count). The zero-order chi connectivity index (χ0) is 17.3. The standard InChI is InChI=1S/C16H14ClN3O3S/c17-13-7-5-11(9-15(13)24(18,22)23)16(21)20-19-14-8-6-10-3-1-2-4-12(10)14/h1-5,7,9H,6,8H2,(H,20,21)(H2,18,22,23)/b19-14-. The van der Waals surface area contributed by atoms with Crippen molar-refractivity contribution in [2.24, 2.45) is 10.2 Å². The van der Waals surface area contributed by atoms with Crippen LogP contribution < -0.4 is 10.6 Å². The van der Waals surface area contributed by atoms with Gasteiger partial charge in [-0.1, -0.05) is 35.9 Å². The number of nitrogens with two attached hydrogens (primary N) is 1. The molecule has 8 heteroatoms. The van der Waals surface area contributed by atoms with E-state index in [-0.39, 0.29) is 15.5 Å². The summed E-state index contributed by atoms with van der Waals surface area (Å²) in [5, 5.41) is 9.20. The molecule has 0 spiro atoms. The van der Waals surface area contributed by atoms with Gasteiger partial charge in [-0.2, -0.15) is 5.10 Å². The Kier molecular flexibility index (Phi) is 4.40. The Labute approximate surface area is 144 Å². The first-order chi connectivity index (χ1) is 11.4. The summed E-state index contributed by atoms with van der Waals surface area (Å²) in [7, 11) is -4.01. The quantitative estimate of drug-likeness (QED) is 0.816. The summed E-state index contributed by atoms with van der Waals surface area (Å²) >= 11 is 5.80. The van der Waals surface area contributed by atoms with Gasteiger partial charge in [0.2, 0.25) is 10.0 Å². The third-order valence-corrected chi connectivity index (χ3v) is 5.14. The lowest BCUT2D eigenvalue weighted by atomic mass is 10.1. The average Bonchev–Trinajstić information content (AvgIpc) is 2.95. The normalized spacial score (nSPS) is 15.3. The average molecular weight is 364 g/mol. The predicted molar refractivity (Wildman–Crippen MR) is 91.6 cm³/mol. The summed E-state index contributed by atoms with van der Waals surface area (Å²) in [6.07, 6.45) is 1.62. The highest BCUT2D eigenvalue weighted by Gasteiger charge is 2.19. The maximum Gasteiger partial charge on any atom is 0.271 e. The number of halogens is 1. The van der Waals surface area contributed by atoms with Gasteiger partial charge in [-0.05, 0) is 36.6 Å². The Hall–Kier alpha value is -2.22. The number of hydrazone groups is 1. The molecule has 0 aromatic heterocycles. The van der Waals surface area contributed by atoms with Crippen molar-refractivity contribution in [2.75, 3.05) is 0 Å². The topological polar surface area (TPSA) is 102 Å². The predicted octanol–water partition coefficient (Wildman–Crippen LogP) is 2.07. The van der Waals surface area contributed by atoms with Crippen LogP contribution >= 0.6 is 11.6 Å². The van der Waals surface area contributed by atoms with Gasteiger partial charge in [-0.25, -0.2) is 19.0 Å². The first-order valence-electron chi connectivity index (χ1n) is 7.14. The highest BCUT2D eigenvalue weighted by molar-refractivity contribution is 7.89. The van der Waals surface area contributed by atoms with Crippen LogP contribution in [0.3, 0.4) is 0 Å². The van der Waals surface area contributed by atoms with Gasteiger partial charge in [0.05, 0.1) is 10.7 Å². The van der Waals surface area contributed by atoms with Gasteiger partial charge in [0.15, 0.2) is 0 Å². The van der Waals surface area contributed by atoms with Crippen LogP contribution in [0.2, 0.25) is 5.02 Å². The molecule has 124 valence electrons. The molecule has 6 nitrogen and oxygen atoms in total. The van der Waals surface area contributed by atoms with E-state index in [1.807, 2.05) is 24.3 Å². The molecule has 0 saturated carbocycles. The minimum Gasteiger partial charge on any atom is -0.267 e. The molecule has 0 fully saturated rings. The molecule has 24 heavy (non-hydrogen) atoms. The number of carbonyl (C=O) groups is 1. The number of nitrogens with one attached hydrogen (secondary N) is 1. The van der Waals surface area contributed by atoms with E-state index in [4.69, 9.17) is 16.7 Å². The summed E-state index contributed by atoms with van der Waals surface area (Å²) in [6.45, 7) is 0. The molecule has 0 atom stereocenters. The van der Waals surface area contributed by atoms with Gasteiger partial charge in [-0.15, -0.1) is 0 Å². The Balaban J connectivity index is 1.83. The monoisotopic (exact) mass is 363 g/mol. The zero-order valence-electron chi connectivity index (χ0n) is 12.5. The van der Waals surface area contributed by atoms with Crippen LogP contribution in [-0.4, -0.2) is 20.0 Å². The molecular weight excluding hydrogens is 350 g/mol. The number of primary sulfonamides is 1. The largest absolute Gasteiger partial charge is 0.271 e. The second kappa shape index (κ2) is 6.35. The van der Waals surface area contributed by atoms with E-state index in [0.717, 1.165) is 30.2 Å². The number of amides is 1. The van der Waals surface area contributed by atoms with Gasteiger partial charge in [0.25, 0.3) is 5.91 Å². The number of hydrogen-bond acceptors (Lipinski definition) is 4. The molecule has 2 aromatic rings. The summed E-state index contributed by atoms with van der Waals surface area (Å²) in [4.78, 5) is 11.9. The van der Waals surface area contributed by atoms with Crippen molar-refractivity contribution in [3.63, 3.8) is 0 Å². The fraction of sp³-hybridized carbons (Fsp3) is 0.125. The minimum absolute atomic E-state index is 0.0370. The van der Waals surface area contributed by atoms with Crippen LogP contribution in [0.25, 0.3) is 0 Å². The first-order valence-corrected chi connectivity index (χ1v) is 9.06. The number of benzene rings is 2. The summed E-state index contributed by atoms with van der Waals surface area (Å²) in [6, 6.07) is 11.7. The van der Waals surface area contributed by atoms with Crippen LogP contribution in [0.4, 0.5) is 0 Å². The zero-order valence-corrected chi connectivity index (χ0v) is 14.1. The number of nitrogens with zero attached hydrogens (tertiary/aromatic N) is 1. The highest BCUT2D eigenvalue weighted by atomic mass is 35.5. The fourth-order valence-corrected chi connectivity index (χ4v) is 3.64. The molecule has 1 aliphatic rings. The van der Waals surface area contributed by atoms with Crippen LogP contribution in [0.5, 0.6) is 0 Å². The van der Waals surface area contributed by atoms with E-state index in [1.54, 1.807) is 0 Å². The third kappa shape index (κ3) is 3.33. The molecule has 2 aromatic carbocycles. The molecular formula is C16H14ClN3O3S. The summed E-state index contributed by atoms with van der Waals surface area (Å²) < 4.78 is 22.9. The van der Waals surface area contributed by atoms with Crippen molar-refractivity contribution in [1.29, 1.82) is 0 Å². The highest BCUT2D eigenvalue weighted by Crippen LogP contribution is 2.23. The van der Waals surface area contributed by atoms with E-state index in [0.29, 0.717) is 0 Å². The Bertz CT molecular complexity index is 955. The minimum atomic E-state index is -4.01. The van der Waals surface area contributed by atoms with Crippen LogP contribution in [0.15, 0.2) is 52.5 Å². The fourth-order valence-electron chi connectivity index (χ4n) is 2.57. The van der Waals surface area contributed by atoms with Gasteiger partial charge in [0.1, 0.15) is 4.90 Å². The lowest BCUT2D eigenvalue weighted by Crippen LogP contribution is -2.20. The van der Waals surface area contributed by atoms with Crippen molar-refractivity contribution in [2.45, 2.75) is 17.7 Å². The lowest BCUT2D eigenvalue weighted by Gasteiger charge is -2.06. The number of carbonyl (C=O) groups excluding carboxylic acids is 1. The van der Waals surface area contributed by atoms with E-state index < -0.39 is 15.9 Å². The number of aryl methyl sites for hydroxylation is 1. The molecule has 3 N–H and O–H groups in total. The SMILES string of the molecule is NS(=O)(=O)c1cc(C(=O)N/N=C2/CCc3ccccc32)ccc1Cl. The molecule has 0 unspecified atom stereocenters. The molecule has 0 heterocycles. The second-order valence-electron chi connectivity index (χ2n) is 5.35. The number of rotatable bonds is 3. The third-order valence-electron chi connectivity index (χ3n) is 3.75. The van der Waals surface area contributed by atoms with Gasteiger partial charge in [0, 0.05) is 11.1 Å². The smallest absolute Gasteiger partial charge is 0.267 e. The Morgan fingerprint density at radius 1 is 1.17 bits per heavy atom. The van der Waals surface area contributed by atoms with E-state index >= 15 is 0 Å². The Morgan fingerprint density at radius 2 is 1.92 bits per heavy atom.